The lowest BCUT2D eigenvalue weighted by molar-refractivity contribution is 0.00405. The van der Waals surface area contributed by atoms with E-state index in [1.54, 1.807) is 0 Å². The zero-order valence-electron chi connectivity index (χ0n) is 11.4. The van der Waals surface area contributed by atoms with Gasteiger partial charge in [-0.2, -0.15) is 0 Å². The van der Waals surface area contributed by atoms with Gasteiger partial charge in [-0.1, -0.05) is 27.2 Å². The van der Waals surface area contributed by atoms with Crippen LogP contribution in [0.2, 0.25) is 0 Å². The van der Waals surface area contributed by atoms with Crippen LogP contribution < -0.4 is 5.32 Å². The highest BCUT2D eigenvalue weighted by atomic mass is 16.5. The Balaban J connectivity index is 3.53. The Hall–Kier alpha value is -0.120. The smallest absolute Gasteiger partial charge is 0.0704 e. The van der Waals surface area contributed by atoms with Crippen LogP contribution in [0.4, 0.5) is 0 Å². The van der Waals surface area contributed by atoms with Crippen LogP contribution in [0.5, 0.6) is 0 Å². The fourth-order valence-electron chi connectivity index (χ4n) is 1.52. The number of ether oxygens (including phenoxy) is 2. The van der Waals surface area contributed by atoms with Crippen molar-refractivity contribution < 1.29 is 9.47 Å². The molecule has 1 unspecified atom stereocenters. The fourth-order valence-corrected chi connectivity index (χ4v) is 1.52. The van der Waals surface area contributed by atoms with Gasteiger partial charge in [0.2, 0.25) is 0 Å². The molecular weight excluding hydrogens is 202 g/mol. The van der Waals surface area contributed by atoms with Crippen LogP contribution in [0.25, 0.3) is 0 Å². The topological polar surface area (TPSA) is 30.5 Å². The van der Waals surface area contributed by atoms with E-state index < -0.39 is 0 Å². The Morgan fingerprint density at radius 1 is 1.06 bits per heavy atom. The van der Waals surface area contributed by atoms with Crippen molar-refractivity contribution in [2.75, 3.05) is 32.9 Å². The van der Waals surface area contributed by atoms with Crippen LogP contribution >= 0.6 is 0 Å². The molecule has 0 rings (SSSR count). The van der Waals surface area contributed by atoms with Crippen molar-refractivity contribution in [2.45, 2.75) is 46.6 Å². The maximum Gasteiger partial charge on any atom is 0.0704 e. The highest BCUT2D eigenvalue weighted by Gasteiger charge is 2.07. The molecule has 0 aliphatic rings. The van der Waals surface area contributed by atoms with Gasteiger partial charge in [-0.05, 0) is 25.8 Å². The molecule has 0 fully saturated rings. The van der Waals surface area contributed by atoms with E-state index in [0.717, 1.165) is 26.1 Å². The predicted molar refractivity (Wildman–Crippen MR) is 68.8 cm³/mol. The SMILES string of the molecule is CCCC(CNCC(C)C)OCCOCC. The first-order valence-corrected chi connectivity index (χ1v) is 6.60. The molecule has 0 bridgehead atoms. The van der Waals surface area contributed by atoms with E-state index in [-0.39, 0.29) is 0 Å². The third kappa shape index (κ3) is 10.4. The summed E-state index contributed by atoms with van der Waals surface area (Å²) in [6.45, 7) is 12.9. The quantitative estimate of drug-likeness (QED) is 0.554. The summed E-state index contributed by atoms with van der Waals surface area (Å²) >= 11 is 0. The van der Waals surface area contributed by atoms with Gasteiger partial charge in [0.05, 0.1) is 19.3 Å². The van der Waals surface area contributed by atoms with Crippen molar-refractivity contribution in [3.63, 3.8) is 0 Å². The highest BCUT2D eigenvalue weighted by Crippen LogP contribution is 2.01. The lowest BCUT2D eigenvalue weighted by atomic mass is 10.2. The third-order valence-corrected chi connectivity index (χ3v) is 2.32. The van der Waals surface area contributed by atoms with Crippen LogP contribution in [0.15, 0.2) is 0 Å². The average Bonchev–Trinajstić information content (AvgIpc) is 2.23. The number of rotatable bonds is 11. The van der Waals surface area contributed by atoms with E-state index in [9.17, 15) is 0 Å². The first-order valence-electron chi connectivity index (χ1n) is 6.60. The van der Waals surface area contributed by atoms with Gasteiger partial charge in [0.1, 0.15) is 0 Å². The molecule has 0 radical (unpaired) electrons. The van der Waals surface area contributed by atoms with Gasteiger partial charge in [0.25, 0.3) is 0 Å². The van der Waals surface area contributed by atoms with Gasteiger partial charge in [0, 0.05) is 13.2 Å². The summed E-state index contributed by atoms with van der Waals surface area (Å²) in [5.74, 6) is 0.700. The molecular formula is C13H29NO2. The Labute approximate surface area is 101 Å². The molecule has 3 nitrogen and oxygen atoms in total. The molecule has 3 heteroatoms. The van der Waals surface area contributed by atoms with Crippen LogP contribution in [-0.2, 0) is 9.47 Å². The normalized spacial score (nSPS) is 13.3. The molecule has 1 N–H and O–H groups in total. The molecule has 0 heterocycles. The molecule has 16 heavy (non-hydrogen) atoms. The minimum atomic E-state index is 0.337. The maximum absolute atomic E-state index is 5.78. The van der Waals surface area contributed by atoms with E-state index in [1.807, 2.05) is 6.92 Å². The molecule has 0 aliphatic heterocycles. The van der Waals surface area contributed by atoms with E-state index in [2.05, 4.69) is 26.1 Å². The molecule has 0 saturated heterocycles. The lowest BCUT2D eigenvalue weighted by Crippen LogP contribution is -2.32. The largest absolute Gasteiger partial charge is 0.379 e. The molecule has 0 spiro atoms. The molecule has 0 amide bonds. The zero-order valence-corrected chi connectivity index (χ0v) is 11.4. The van der Waals surface area contributed by atoms with Crippen LogP contribution in [0.3, 0.4) is 0 Å². The van der Waals surface area contributed by atoms with Crippen molar-refractivity contribution in [1.29, 1.82) is 0 Å². The van der Waals surface area contributed by atoms with Crippen LogP contribution in [0, 0.1) is 5.92 Å². The monoisotopic (exact) mass is 231 g/mol. The second-order valence-electron chi connectivity index (χ2n) is 4.53. The summed E-state index contributed by atoms with van der Waals surface area (Å²) in [6.07, 6.45) is 2.63. The summed E-state index contributed by atoms with van der Waals surface area (Å²) in [4.78, 5) is 0. The zero-order chi connectivity index (χ0) is 12.2. The maximum atomic E-state index is 5.78. The minimum absolute atomic E-state index is 0.337. The number of hydrogen-bond donors (Lipinski definition) is 1. The molecule has 0 aromatic rings. The van der Waals surface area contributed by atoms with Crippen molar-refractivity contribution in [3.05, 3.63) is 0 Å². The highest BCUT2D eigenvalue weighted by molar-refractivity contribution is 4.62. The molecule has 0 saturated carbocycles. The van der Waals surface area contributed by atoms with E-state index in [1.165, 1.54) is 6.42 Å². The van der Waals surface area contributed by atoms with Gasteiger partial charge in [-0.25, -0.2) is 0 Å². The van der Waals surface area contributed by atoms with E-state index in [0.29, 0.717) is 25.2 Å². The number of hydrogen-bond acceptors (Lipinski definition) is 3. The Kier molecular flexibility index (Phi) is 11.3. The van der Waals surface area contributed by atoms with Gasteiger partial charge in [-0.3, -0.25) is 0 Å². The van der Waals surface area contributed by atoms with Crippen molar-refractivity contribution in [2.24, 2.45) is 5.92 Å². The summed E-state index contributed by atoms with van der Waals surface area (Å²) in [7, 11) is 0. The second kappa shape index (κ2) is 11.4. The van der Waals surface area contributed by atoms with Gasteiger partial charge in [0.15, 0.2) is 0 Å². The Morgan fingerprint density at radius 3 is 2.38 bits per heavy atom. The molecule has 0 aromatic heterocycles. The lowest BCUT2D eigenvalue weighted by Gasteiger charge is -2.18. The van der Waals surface area contributed by atoms with Crippen molar-refractivity contribution in [3.8, 4) is 0 Å². The first-order chi connectivity index (χ1) is 7.70. The second-order valence-corrected chi connectivity index (χ2v) is 4.53. The van der Waals surface area contributed by atoms with Gasteiger partial charge >= 0.3 is 0 Å². The Morgan fingerprint density at radius 2 is 1.81 bits per heavy atom. The minimum Gasteiger partial charge on any atom is -0.379 e. The van der Waals surface area contributed by atoms with Gasteiger partial charge < -0.3 is 14.8 Å². The standard InChI is InChI=1S/C13H29NO2/c1-5-7-13(11-14-10-12(3)4)16-9-8-15-6-2/h12-14H,5-11H2,1-4H3. The molecule has 98 valence electrons. The molecule has 1 atom stereocenters. The predicted octanol–water partition coefficient (Wildman–Crippen LogP) is 2.45. The first kappa shape index (κ1) is 15.9. The fraction of sp³-hybridized carbons (Fsp3) is 1.00. The summed E-state index contributed by atoms with van der Waals surface area (Å²) < 4.78 is 11.0. The summed E-state index contributed by atoms with van der Waals surface area (Å²) in [5.41, 5.74) is 0. The van der Waals surface area contributed by atoms with E-state index in [4.69, 9.17) is 9.47 Å². The van der Waals surface area contributed by atoms with Crippen LogP contribution in [-0.4, -0.2) is 39.0 Å². The summed E-state index contributed by atoms with van der Waals surface area (Å²) in [6, 6.07) is 0. The molecule has 0 aromatic carbocycles. The van der Waals surface area contributed by atoms with Crippen molar-refractivity contribution >= 4 is 0 Å². The van der Waals surface area contributed by atoms with Crippen molar-refractivity contribution in [1.82, 2.24) is 5.32 Å². The van der Waals surface area contributed by atoms with E-state index >= 15 is 0 Å². The van der Waals surface area contributed by atoms with Crippen LogP contribution in [0.1, 0.15) is 40.5 Å². The van der Waals surface area contributed by atoms with Gasteiger partial charge in [-0.15, -0.1) is 0 Å². The Bertz CT molecular complexity index is 140. The number of nitrogens with one attached hydrogen (secondary N) is 1. The average molecular weight is 231 g/mol. The molecule has 0 aliphatic carbocycles. The summed E-state index contributed by atoms with van der Waals surface area (Å²) in [5, 5.41) is 3.44. The third-order valence-electron chi connectivity index (χ3n) is 2.32.